The van der Waals surface area contributed by atoms with E-state index in [1.807, 2.05) is 29.2 Å². The summed E-state index contributed by atoms with van der Waals surface area (Å²) in [7, 11) is 0. The van der Waals surface area contributed by atoms with Gasteiger partial charge in [-0.25, -0.2) is 0 Å². The second-order valence-electron chi connectivity index (χ2n) is 6.68. The molecule has 3 N–H and O–H groups in total. The molecule has 3 heterocycles. The summed E-state index contributed by atoms with van der Waals surface area (Å²) >= 11 is 0. The number of nitrogens with one attached hydrogen (secondary N) is 1. The number of nitrogens with zero attached hydrogens (tertiary/aromatic N) is 3. The molecule has 1 unspecified atom stereocenters. The molecule has 2 aromatic rings. The lowest BCUT2D eigenvalue weighted by molar-refractivity contribution is -0.117. The van der Waals surface area contributed by atoms with Crippen molar-refractivity contribution in [2.75, 3.05) is 30.3 Å². The van der Waals surface area contributed by atoms with Crippen molar-refractivity contribution in [2.24, 2.45) is 0 Å². The van der Waals surface area contributed by atoms with E-state index < -0.39 is 0 Å². The smallest absolute Gasteiger partial charge is 0.253 e. The lowest BCUT2D eigenvalue weighted by atomic mass is 10.0. The third-order valence-electron chi connectivity index (χ3n) is 5.06. The van der Waals surface area contributed by atoms with Crippen LogP contribution in [0.3, 0.4) is 0 Å². The highest BCUT2D eigenvalue weighted by atomic mass is 16.2. The standard InChI is InChI=1S/C18H21N5O2/c19-15-10-20-21-17(15)13-6-8-22(11-13)18(25)12-3-1-4-14(9-12)23-7-2-5-16(23)24/h1,3-4,9-10,13H,2,5-8,11,19H2,(H,20,21). The number of nitrogens with two attached hydrogens (primary N) is 1. The number of aromatic amines is 1. The zero-order chi connectivity index (χ0) is 17.4. The molecule has 7 heteroatoms. The second-order valence-corrected chi connectivity index (χ2v) is 6.68. The highest BCUT2D eigenvalue weighted by Crippen LogP contribution is 2.30. The number of hydrogen-bond donors (Lipinski definition) is 2. The molecule has 0 bridgehead atoms. The Morgan fingerprint density at radius 3 is 2.92 bits per heavy atom. The molecular formula is C18H21N5O2. The molecule has 130 valence electrons. The van der Waals surface area contributed by atoms with Crippen molar-refractivity contribution in [3.05, 3.63) is 41.7 Å². The zero-order valence-electron chi connectivity index (χ0n) is 13.9. The van der Waals surface area contributed by atoms with Gasteiger partial charge in [0.05, 0.1) is 17.6 Å². The summed E-state index contributed by atoms with van der Waals surface area (Å²) in [5.41, 5.74) is 8.91. The van der Waals surface area contributed by atoms with Crippen molar-refractivity contribution >= 4 is 23.2 Å². The highest BCUT2D eigenvalue weighted by molar-refractivity contribution is 5.99. The van der Waals surface area contributed by atoms with E-state index in [4.69, 9.17) is 5.73 Å². The average Bonchev–Trinajstić information content (AvgIpc) is 3.35. The maximum atomic E-state index is 12.9. The molecule has 2 aliphatic rings. The molecular weight excluding hydrogens is 318 g/mol. The molecule has 2 saturated heterocycles. The third-order valence-corrected chi connectivity index (χ3v) is 5.06. The fourth-order valence-electron chi connectivity index (χ4n) is 3.72. The van der Waals surface area contributed by atoms with Gasteiger partial charge in [0.15, 0.2) is 0 Å². The Morgan fingerprint density at radius 1 is 1.32 bits per heavy atom. The largest absolute Gasteiger partial charge is 0.396 e. The first-order valence-corrected chi connectivity index (χ1v) is 8.62. The summed E-state index contributed by atoms with van der Waals surface area (Å²) in [6.07, 6.45) is 3.92. The minimum atomic E-state index is -0.00548. The van der Waals surface area contributed by atoms with Crippen molar-refractivity contribution < 1.29 is 9.59 Å². The molecule has 0 aliphatic carbocycles. The monoisotopic (exact) mass is 339 g/mol. The summed E-state index contributed by atoms with van der Waals surface area (Å²) in [6.45, 7) is 2.04. The van der Waals surface area contributed by atoms with Gasteiger partial charge in [-0.3, -0.25) is 14.7 Å². The number of benzene rings is 1. The van der Waals surface area contributed by atoms with Crippen LogP contribution in [0.1, 0.15) is 41.2 Å². The molecule has 4 rings (SSSR count). The van der Waals surface area contributed by atoms with Gasteiger partial charge in [0.1, 0.15) is 0 Å². The van der Waals surface area contributed by atoms with Crippen molar-refractivity contribution in [1.82, 2.24) is 15.1 Å². The van der Waals surface area contributed by atoms with Gasteiger partial charge in [-0.15, -0.1) is 0 Å². The maximum Gasteiger partial charge on any atom is 0.253 e. The van der Waals surface area contributed by atoms with Crippen LogP contribution < -0.4 is 10.6 Å². The van der Waals surface area contributed by atoms with E-state index in [2.05, 4.69) is 10.2 Å². The van der Waals surface area contributed by atoms with Crippen LogP contribution >= 0.6 is 0 Å². The van der Waals surface area contributed by atoms with Gasteiger partial charge in [0.2, 0.25) is 5.91 Å². The first-order chi connectivity index (χ1) is 12.1. The van der Waals surface area contributed by atoms with Gasteiger partial charge in [0, 0.05) is 43.2 Å². The summed E-state index contributed by atoms with van der Waals surface area (Å²) in [5.74, 6) is 0.310. The van der Waals surface area contributed by atoms with Crippen LogP contribution in [0.25, 0.3) is 0 Å². The van der Waals surface area contributed by atoms with Gasteiger partial charge in [-0.2, -0.15) is 5.10 Å². The molecule has 7 nitrogen and oxygen atoms in total. The number of H-pyrrole nitrogens is 1. The Hall–Kier alpha value is -2.83. The van der Waals surface area contributed by atoms with Gasteiger partial charge in [-0.05, 0) is 31.0 Å². The molecule has 2 aliphatic heterocycles. The Morgan fingerprint density at radius 2 is 2.20 bits per heavy atom. The van der Waals surface area contributed by atoms with Crippen LogP contribution in [0.15, 0.2) is 30.5 Å². The van der Waals surface area contributed by atoms with Crippen molar-refractivity contribution in [3.63, 3.8) is 0 Å². The van der Waals surface area contributed by atoms with E-state index in [9.17, 15) is 9.59 Å². The fourth-order valence-corrected chi connectivity index (χ4v) is 3.72. The van der Waals surface area contributed by atoms with E-state index in [1.54, 1.807) is 11.1 Å². The fraction of sp³-hybridized carbons (Fsp3) is 0.389. The van der Waals surface area contributed by atoms with E-state index in [1.165, 1.54) is 0 Å². The molecule has 0 saturated carbocycles. The van der Waals surface area contributed by atoms with Gasteiger partial charge in [0.25, 0.3) is 5.91 Å². The minimum Gasteiger partial charge on any atom is -0.396 e. The number of carbonyl (C=O) groups is 2. The minimum absolute atomic E-state index is 0.00548. The summed E-state index contributed by atoms with van der Waals surface area (Å²) in [5, 5.41) is 6.91. The molecule has 2 amide bonds. The number of hydrogen-bond acceptors (Lipinski definition) is 4. The van der Waals surface area contributed by atoms with Gasteiger partial charge in [-0.1, -0.05) is 6.07 Å². The number of rotatable bonds is 3. The molecule has 25 heavy (non-hydrogen) atoms. The quantitative estimate of drug-likeness (QED) is 0.890. The number of nitrogen functional groups attached to an aromatic ring is 1. The number of aromatic nitrogens is 2. The van der Waals surface area contributed by atoms with Crippen LogP contribution in [0.4, 0.5) is 11.4 Å². The van der Waals surface area contributed by atoms with Crippen LogP contribution in [-0.4, -0.2) is 46.5 Å². The lowest BCUT2D eigenvalue weighted by Crippen LogP contribution is -2.29. The van der Waals surface area contributed by atoms with Crippen LogP contribution in [0.5, 0.6) is 0 Å². The average molecular weight is 339 g/mol. The molecule has 0 radical (unpaired) electrons. The van der Waals surface area contributed by atoms with E-state index in [0.29, 0.717) is 30.8 Å². The maximum absolute atomic E-state index is 12.9. The first-order valence-electron chi connectivity index (χ1n) is 8.62. The number of amides is 2. The Bertz CT molecular complexity index is 815. The van der Waals surface area contributed by atoms with Gasteiger partial charge < -0.3 is 15.5 Å². The second kappa shape index (κ2) is 6.23. The summed E-state index contributed by atoms with van der Waals surface area (Å²) in [6, 6.07) is 7.36. The Labute approximate surface area is 145 Å². The predicted octanol–water partition coefficient (Wildman–Crippen LogP) is 1.75. The first kappa shape index (κ1) is 15.7. The lowest BCUT2D eigenvalue weighted by Gasteiger charge is -2.19. The van der Waals surface area contributed by atoms with Crippen LogP contribution in [0, 0.1) is 0 Å². The SMILES string of the molecule is Nc1cn[nH]c1C1CCN(C(=O)c2cccc(N3CCCC3=O)c2)C1. The van der Waals surface area contributed by atoms with Crippen molar-refractivity contribution in [2.45, 2.75) is 25.2 Å². The molecule has 1 atom stereocenters. The summed E-state index contributed by atoms with van der Waals surface area (Å²) in [4.78, 5) is 28.4. The Balaban J connectivity index is 1.50. The van der Waals surface area contributed by atoms with Crippen molar-refractivity contribution in [1.29, 1.82) is 0 Å². The molecule has 0 spiro atoms. The number of likely N-dealkylation sites (tertiary alicyclic amines) is 1. The van der Waals surface area contributed by atoms with E-state index in [0.717, 1.165) is 30.8 Å². The van der Waals surface area contributed by atoms with Crippen LogP contribution in [0.2, 0.25) is 0 Å². The van der Waals surface area contributed by atoms with Crippen LogP contribution in [-0.2, 0) is 4.79 Å². The normalized spacial score (nSPS) is 20.5. The zero-order valence-corrected chi connectivity index (χ0v) is 13.9. The molecule has 1 aromatic heterocycles. The molecule has 2 fully saturated rings. The van der Waals surface area contributed by atoms with E-state index in [-0.39, 0.29) is 17.7 Å². The molecule has 1 aromatic carbocycles. The highest BCUT2D eigenvalue weighted by Gasteiger charge is 2.30. The number of carbonyl (C=O) groups excluding carboxylic acids is 2. The van der Waals surface area contributed by atoms with E-state index >= 15 is 0 Å². The topological polar surface area (TPSA) is 95.3 Å². The van der Waals surface area contributed by atoms with Gasteiger partial charge >= 0.3 is 0 Å². The summed E-state index contributed by atoms with van der Waals surface area (Å²) < 4.78 is 0. The third kappa shape index (κ3) is 2.86. The number of anilines is 2. The van der Waals surface area contributed by atoms with Crippen molar-refractivity contribution in [3.8, 4) is 0 Å². The Kier molecular flexibility index (Phi) is 3.91. The predicted molar refractivity (Wildman–Crippen MR) is 94.3 cm³/mol.